The standard InChI is InChI=1S/C30H33N3O2/c1-22-11-8-9-18-28(22)30(35)31-23-19-26-16-10-17-27(20-23)32(26)21-29(34)33(24-12-4-2-5-13-24)25-14-6-3-7-15-25/h2-9,11-15,18,23,26-27H,10,16-17,19-21H2,1H3,(H,31,35)/t26-,27-/m1/s1. The van der Waals surface area contributed by atoms with Crippen LogP contribution in [0.5, 0.6) is 0 Å². The molecule has 2 atom stereocenters. The number of nitrogens with zero attached hydrogens (tertiary/aromatic N) is 2. The Bertz CT molecular complexity index is 1110. The zero-order valence-electron chi connectivity index (χ0n) is 20.3. The predicted octanol–water partition coefficient (Wildman–Crippen LogP) is 5.48. The molecule has 5 heteroatoms. The van der Waals surface area contributed by atoms with Gasteiger partial charge in [-0.25, -0.2) is 0 Å². The summed E-state index contributed by atoms with van der Waals surface area (Å²) in [5.74, 6) is 0.0942. The molecule has 180 valence electrons. The summed E-state index contributed by atoms with van der Waals surface area (Å²) in [6.07, 6.45) is 5.09. The number of hydrogen-bond donors (Lipinski definition) is 1. The van der Waals surface area contributed by atoms with Gasteiger partial charge in [-0.15, -0.1) is 0 Å². The molecule has 3 aromatic rings. The van der Waals surface area contributed by atoms with Crippen molar-refractivity contribution in [2.24, 2.45) is 0 Å². The van der Waals surface area contributed by atoms with Crippen molar-refractivity contribution in [1.29, 1.82) is 0 Å². The number of para-hydroxylation sites is 2. The minimum Gasteiger partial charge on any atom is -0.349 e. The normalized spacial score (nSPS) is 21.8. The number of rotatable bonds is 6. The number of benzene rings is 3. The average molecular weight is 468 g/mol. The summed E-state index contributed by atoms with van der Waals surface area (Å²) >= 11 is 0. The maximum absolute atomic E-state index is 13.7. The van der Waals surface area contributed by atoms with E-state index in [0.29, 0.717) is 18.6 Å². The molecule has 35 heavy (non-hydrogen) atoms. The highest BCUT2D eigenvalue weighted by Crippen LogP contribution is 2.35. The van der Waals surface area contributed by atoms with Crippen LogP contribution in [0, 0.1) is 6.92 Å². The fourth-order valence-corrected chi connectivity index (χ4v) is 5.76. The van der Waals surface area contributed by atoms with Crippen molar-refractivity contribution in [2.75, 3.05) is 11.4 Å². The van der Waals surface area contributed by atoms with Gasteiger partial charge < -0.3 is 5.32 Å². The molecule has 0 unspecified atom stereocenters. The van der Waals surface area contributed by atoms with Crippen molar-refractivity contribution in [3.63, 3.8) is 0 Å². The maximum Gasteiger partial charge on any atom is 0.251 e. The lowest BCUT2D eigenvalue weighted by Crippen LogP contribution is -2.59. The maximum atomic E-state index is 13.7. The van der Waals surface area contributed by atoms with Crippen LogP contribution in [0.2, 0.25) is 0 Å². The first kappa shape index (κ1) is 23.3. The molecule has 2 saturated heterocycles. The lowest BCUT2D eigenvalue weighted by Gasteiger charge is -2.49. The van der Waals surface area contributed by atoms with E-state index in [4.69, 9.17) is 0 Å². The molecule has 2 aliphatic rings. The molecular weight excluding hydrogens is 434 g/mol. The number of anilines is 2. The van der Waals surface area contributed by atoms with E-state index in [-0.39, 0.29) is 17.9 Å². The number of aryl methyl sites for hydroxylation is 1. The lowest BCUT2D eigenvalue weighted by molar-refractivity contribution is -0.121. The van der Waals surface area contributed by atoms with Crippen LogP contribution in [-0.2, 0) is 4.79 Å². The molecule has 0 radical (unpaired) electrons. The van der Waals surface area contributed by atoms with Gasteiger partial charge in [-0.1, -0.05) is 61.0 Å². The molecule has 2 fully saturated rings. The van der Waals surface area contributed by atoms with Crippen molar-refractivity contribution >= 4 is 23.2 Å². The van der Waals surface area contributed by atoms with Gasteiger partial charge >= 0.3 is 0 Å². The van der Waals surface area contributed by atoms with Crippen LogP contribution in [0.15, 0.2) is 84.9 Å². The Balaban J connectivity index is 1.30. The fraction of sp³-hybridized carbons (Fsp3) is 0.333. The van der Waals surface area contributed by atoms with Gasteiger partial charge in [0.25, 0.3) is 5.91 Å². The number of piperidine rings is 2. The molecule has 5 rings (SSSR count). The Labute approximate surface area is 207 Å². The topological polar surface area (TPSA) is 52.7 Å². The summed E-state index contributed by atoms with van der Waals surface area (Å²) in [5, 5.41) is 3.29. The summed E-state index contributed by atoms with van der Waals surface area (Å²) in [6, 6.07) is 28.2. The summed E-state index contributed by atoms with van der Waals surface area (Å²) in [7, 11) is 0. The molecule has 1 N–H and O–H groups in total. The van der Waals surface area contributed by atoms with E-state index in [2.05, 4.69) is 10.2 Å². The summed E-state index contributed by atoms with van der Waals surface area (Å²) in [6.45, 7) is 2.36. The van der Waals surface area contributed by atoms with E-state index < -0.39 is 0 Å². The van der Waals surface area contributed by atoms with Gasteiger partial charge in [0.15, 0.2) is 0 Å². The van der Waals surface area contributed by atoms with E-state index in [1.54, 1.807) is 0 Å². The fourth-order valence-electron chi connectivity index (χ4n) is 5.76. The first-order chi connectivity index (χ1) is 17.1. The second kappa shape index (κ2) is 10.4. The lowest BCUT2D eigenvalue weighted by atomic mass is 9.81. The van der Waals surface area contributed by atoms with Crippen LogP contribution in [0.25, 0.3) is 0 Å². The van der Waals surface area contributed by atoms with Gasteiger partial charge in [-0.05, 0) is 68.5 Å². The number of carbonyl (C=O) groups is 2. The zero-order chi connectivity index (χ0) is 24.2. The van der Waals surface area contributed by atoms with Gasteiger partial charge in [-0.2, -0.15) is 0 Å². The van der Waals surface area contributed by atoms with Gasteiger partial charge in [0.05, 0.1) is 6.54 Å². The van der Waals surface area contributed by atoms with Gasteiger partial charge in [0.2, 0.25) is 5.91 Å². The SMILES string of the molecule is Cc1ccccc1C(=O)NC1C[C@H]2CCC[C@H](C1)N2CC(=O)N(c1ccccc1)c1ccccc1. The zero-order valence-corrected chi connectivity index (χ0v) is 20.3. The Morgan fingerprint density at radius 2 is 1.37 bits per heavy atom. The minimum absolute atomic E-state index is 0.00929. The van der Waals surface area contributed by atoms with Gasteiger partial charge in [-0.3, -0.25) is 19.4 Å². The third kappa shape index (κ3) is 5.15. The predicted molar refractivity (Wildman–Crippen MR) is 140 cm³/mol. The van der Waals surface area contributed by atoms with Crippen LogP contribution < -0.4 is 10.2 Å². The molecule has 0 aliphatic carbocycles. The smallest absolute Gasteiger partial charge is 0.251 e. The van der Waals surface area contributed by atoms with E-state index in [9.17, 15) is 9.59 Å². The monoisotopic (exact) mass is 467 g/mol. The van der Waals surface area contributed by atoms with Crippen molar-refractivity contribution in [1.82, 2.24) is 10.2 Å². The molecule has 2 bridgehead atoms. The molecule has 5 nitrogen and oxygen atoms in total. The highest BCUT2D eigenvalue weighted by molar-refractivity contribution is 6.01. The molecule has 0 aromatic heterocycles. The van der Waals surface area contributed by atoms with Crippen LogP contribution in [0.3, 0.4) is 0 Å². The van der Waals surface area contributed by atoms with Crippen molar-refractivity contribution in [2.45, 2.75) is 57.2 Å². The first-order valence-corrected chi connectivity index (χ1v) is 12.7. The largest absolute Gasteiger partial charge is 0.349 e. The second-order valence-corrected chi connectivity index (χ2v) is 9.77. The Hall–Kier alpha value is -3.44. The number of carbonyl (C=O) groups excluding carboxylic acids is 2. The number of nitrogens with one attached hydrogen (secondary N) is 1. The van der Waals surface area contributed by atoms with E-state index >= 15 is 0 Å². The average Bonchev–Trinajstić information content (AvgIpc) is 2.86. The van der Waals surface area contributed by atoms with E-state index in [0.717, 1.165) is 48.2 Å². The Morgan fingerprint density at radius 1 is 0.829 bits per heavy atom. The first-order valence-electron chi connectivity index (χ1n) is 12.7. The van der Waals surface area contributed by atoms with Gasteiger partial charge in [0.1, 0.15) is 0 Å². The highest BCUT2D eigenvalue weighted by atomic mass is 16.2. The van der Waals surface area contributed by atoms with E-state index in [1.807, 2.05) is 96.8 Å². The molecule has 0 spiro atoms. The quantitative estimate of drug-likeness (QED) is 0.523. The highest BCUT2D eigenvalue weighted by Gasteiger charge is 2.40. The summed E-state index contributed by atoms with van der Waals surface area (Å²) in [4.78, 5) is 30.9. The van der Waals surface area contributed by atoms with Crippen molar-refractivity contribution < 1.29 is 9.59 Å². The molecule has 2 amide bonds. The van der Waals surface area contributed by atoms with Gasteiger partial charge in [0, 0.05) is 35.1 Å². The molecule has 2 aliphatic heterocycles. The van der Waals surface area contributed by atoms with Crippen molar-refractivity contribution in [3.05, 3.63) is 96.1 Å². The minimum atomic E-state index is 0.00929. The number of amides is 2. The molecule has 3 aromatic carbocycles. The number of hydrogen-bond acceptors (Lipinski definition) is 3. The Kier molecular flexibility index (Phi) is 6.96. The summed E-state index contributed by atoms with van der Waals surface area (Å²) < 4.78 is 0. The molecular formula is C30H33N3O2. The third-order valence-corrected chi connectivity index (χ3v) is 7.45. The summed E-state index contributed by atoms with van der Waals surface area (Å²) in [5.41, 5.74) is 3.51. The number of fused-ring (bicyclic) bond motifs is 2. The van der Waals surface area contributed by atoms with E-state index in [1.165, 1.54) is 6.42 Å². The Morgan fingerprint density at radius 3 is 1.94 bits per heavy atom. The third-order valence-electron chi connectivity index (χ3n) is 7.45. The van der Waals surface area contributed by atoms with Crippen LogP contribution in [0.4, 0.5) is 11.4 Å². The second-order valence-electron chi connectivity index (χ2n) is 9.77. The van der Waals surface area contributed by atoms with Crippen LogP contribution in [0.1, 0.15) is 48.0 Å². The molecule has 2 heterocycles. The van der Waals surface area contributed by atoms with Crippen molar-refractivity contribution in [3.8, 4) is 0 Å². The van der Waals surface area contributed by atoms with Crippen LogP contribution >= 0.6 is 0 Å². The van der Waals surface area contributed by atoms with Crippen LogP contribution in [-0.4, -0.2) is 41.4 Å². The molecule has 0 saturated carbocycles.